The highest BCUT2D eigenvalue weighted by Gasteiger charge is 2.14. The molecule has 0 aliphatic rings. The lowest BCUT2D eigenvalue weighted by Gasteiger charge is -2.07. The van der Waals surface area contributed by atoms with Crippen LogP contribution in [0, 0.1) is 6.92 Å². The van der Waals surface area contributed by atoms with Crippen molar-refractivity contribution in [1.82, 2.24) is 9.71 Å². The number of sulfonamides is 1. The van der Waals surface area contributed by atoms with E-state index in [0.29, 0.717) is 12.3 Å². The van der Waals surface area contributed by atoms with Crippen LogP contribution in [0.25, 0.3) is 11.1 Å². The molecule has 2 aromatic carbocycles. The van der Waals surface area contributed by atoms with Gasteiger partial charge in [0.2, 0.25) is 10.0 Å². The van der Waals surface area contributed by atoms with Crippen molar-refractivity contribution < 1.29 is 12.8 Å². The van der Waals surface area contributed by atoms with Crippen molar-refractivity contribution in [3.8, 4) is 0 Å². The number of aryl methyl sites for hydroxylation is 2. The van der Waals surface area contributed by atoms with Crippen molar-refractivity contribution in [2.24, 2.45) is 0 Å². The van der Waals surface area contributed by atoms with E-state index in [4.69, 9.17) is 4.42 Å². The highest BCUT2D eigenvalue weighted by molar-refractivity contribution is 7.89. The van der Waals surface area contributed by atoms with Crippen LogP contribution in [0.2, 0.25) is 0 Å². The summed E-state index contributed by atoms with van der Waals surface area (Å²) in [5.74, 6) is 0.535. The van der Waals surface area contributed by atoms with Gasteiger partial charge in [0.25, 0.3) is 0 Å². The molecule has 1 aromatic heterocycles. The topological polar surface area (TPSA) is 72.2 Å². The SMILES string of the molecule is CCCCCc1ccc(S(=O)(=O)NCCc2nc3c(C)cccc3o2)cc1. The Bertz CT molecular complexity index is 992. The molecule has 0 saturated heterocycles. The van der Waals surface area contributed by atoms with Crippen LogP contribution in [0.15, 0.2) is 51.8 Å². The average molecular weight is 387 g/mol. The van der Waals surface area contributed by atoms with E-state index >= 15 is 0 Å². The number of benzene rings is 2. The van der Waals surface area contributed by atoms with E-state index in [1.807, 2.05) is 37.3 Å². The third kappa shape index (κ3) is 4.96. The minimum absolute atomic E-state index is 0.243. The van der Waals surface area contributed by atoms with Gasteiger partial charge in [-0.1, -0.05) is 44.0 Å². The fourth-order valence-corrected chi connectivity index (χ4v) is 4.06. The van der Waals surface area contributed by atoms with Crippen LogP contribution >= 0.6 is 0 Å². The molecule has 0 atom stereocenters. The zero-order chi connectivity index (χ0) is 19.3. The van der Waals surface area contributed by atoms with E-state index in [1.54, 1.807) is 12.1 Å². The molecular formula is C21H26N2O3S. The molecule has 0 bridgehead atoms. The number of rotatable bonds is 9. The van der Waals surface area contributed by atoms with Crippen LogP contribution < -0.4 is 4.72 Å². The number of aromatic nitrogens is 1. The molecule has 3 rings (SSSR count). The second-order valence-electron chi connectivity index (χ2n) is 6.78. The third-order valence-corrected chi connectivity index (χ3v) is 6.08. The van der Waals surface area contributed by atoms with Gasteiger partial charge in [0.05, 0.1) is 4.90 Å². The number of nitrogens with one attached hydrogen (secondary N) is 1. The third-order valence-electron chi connectivity index (χ3n) is 4.60. The van der Waals surface area contributed by atoms with Crippen molar-refractivity contribution in [3.05, 3.63) is 59.5 Å². The summed E-state index contributed by atoms with van der Waals surface area (Å²) in [4.78, 5) is 4.74. The van der Waals surface area contributed by atoms with Crippen LogP contribution in [0.4, 0.5) is 0 Å². The molecule has 0 amide bonds. The first-order chi connectivity index (χ1) is 13.0. The predicted octanol–water partition coefficient (Wildman–Crippen LogP) is 4.39. The molecule has 6 heteroatoms. The lowest BCUT2D eigenvalue weighted by Crippen LogP contribution is -2.26. The maximum absolute atomic E-state index is 12.5. The van der Waals surface area contributed by atoms with Crippen LogP contribution in [-0.2, 0) is 22.9 Å². The van der Waals surface area contributed by atoms with Gasteiger partial charge in [-0.15, -0.1) is 0 Å². The molecule has 144 valence electrons. The fourth-order valence-electron chi connectivity index (χ4n) is 3.03. The van der Waals surface area contributed by atoms with Crippen LogP contribution in [-0.4, -0.2) is 19.9 Å². The van der Waals surface area contributed by atoms with Gasteiger partial charge in [0.15, 0.2) is 11.5 Å². The average Bonchev–Trinajstić information content (AvgIpc) is 3.07. The van der Waals surface area contributed by atoms with E-state index < -0.39 is 10.0 Å². The molecule has 27 heavy (non-hydrogen) atoms. The molecule has 3 aromatic rings. The molecule has 0 aliphatic carbocycles. The Morgan fingerprint density at radius 2 is 1.81 bits per heavy atom. The van der Waals surface area contributed by atoms with Crippen molar-refractivity contribution in [2.75, 3.05) is 6.54 Å². The highest BCUT2D eigenvalue weighted by Crippen LogP contribution is 2.19. The largest absolute Gasteiger partial charge is 0.441 e. The summed E-state index contributed by atoms with van der Waals surface area (Å²) in [7, 11) is -3.53. The number of unbranched alkanes of at least 4 members (excludes halogenated alkanes) is 2. The summed E-state index contributed by atoms with van der Waals surface area (Å²) in [6.07, 6.45) is 4.89. The number of hydrogen-bond acceptors (Lipinski definition) is 4. The minimum atomic E-state index is -3.53. The monoisotopic (exact) mass is 386 g/mol. The predicted molar refractivity (Wildman–Crippen MR) is 107 cm³/mol. The van der Waals surface area contributed by atoms with Gasteiger partial charge in [-0.25, -0.2) is 18.1 Å². The summed E-state index contributed by atoms with van der Waals surface area (Å²) in [6, 6.07) is 12.9. The molecule has 1 N–H and O–H groups in total. The minimum Gasteiger partial charge on any atom is -0.441 e. The number of hydrogen-bond donors (Lipinski definition) is 1. The molecule has 0 unspecified atom stereocenters. The van der Waals surface area contributed by atoms with Crippen molar-refractivity contribution in [3.63, 3.8) is 0 Å². The van der Waals surface area contributed by atoms with Gasteiger partial charge >= 0.3 is 0 Å². The van der Waals surface area contributed by atoms with Gasteiger partial charge in [0.1, 0.15) is 5.52 Å². The Kier molecular flexibility index (Phi) is 6.29. The highest BCUT2D eigenvalue weighted by atomic mass is 32.2. The number of nitrogens with zero attached hydrogens (tertiary/aromatic N) is 1. The smallest absolute Gasteiger partial charge is 0.240 e. The van der Waals surface area contributed by atoms with Crippen LogP contribution in [0.1, 0.15) is 43.2 Å². The molecule has 0 radical (unpaired) electrons. The fraction of sp³-hybridized carbons (Fsp3) is 0.381. The summed E-state index contributed by atoms with van der Waals surface area (Å²) in [6.45, 7) is 4.39. The van der Waals surface area contributed by atoms with E-state index in [9.17, 15) is 8.42 Å². The van der Waals surface area contributed by atoms with Crippen molar-refractivity contribution in [2.45, 2.75) is 50.8 Å². The maximum Gasteiger partial charge on any atom is 0.240 e. The van der Waals surface area contributed by atoms with Crippen LogP contribution in [0.3, 0.4) is 0 Å². The summed E-state index contributed by atoms with van der Waals surface area (Å²) >= 11 is 0. The summed E-state index contributed by atoms with van der Waals surface area (Å²) in [5, 5.41) is 0. The number of oxazole rings is 1. The van der Waals surface area contributed by atoms with Gasteiger partial charge < -0.3 is 4.42 Å². The maximum atomic E-state index is 12.5. The Hall–Kier alpha value is -2.18. The Morgan fingerprint density at radius 1 is 1.04 bits per heavy atom. The van der Waals surface area contributed by atoms with E-state index in [1.165, 1.54) is 18.4 Å². The molecule has 5 nitrogen and oxygen atoms in total. The van der Waals surface area contributed by atoms with Crippen molar-refractivity contribution in [1.29, 1.82) is 0 Å². The van der Waals surface area contributed by atoms with Gasteiger partial charge in [0, 0.05) is 13.0 Å². The van der Waals surface area contributed by atoms with Gasteiger partial charge in [-0.3, -0.25) is 0 Å². The summed E-state index contributed by atoms with van der Waals surface area (Å²) in [5.41, 5.74) is 3.77. The second kappa shape index (κ2) is 8.67. The molecule has 0 aliphatic heterocycles. The lowest BCUT2D eigenvalue weighted by atomic mass is 10.1. The van der Waals surface area contributed by atoms with Crippen molar-refractivity contribution >= 4 is 21.1 Å². The van der Waals surface area contributed by atoms with E-state index in [0.717, 1.165) is 29.5 Å². The molecule has 0 fully saturated rings. The van der Waals surface area contributed by atoms with E-state index in [2.05, 4.69) is 16.6 Å². The Balaban J connectivity index is 1.58. The number of para-hydroxylation sites is 1. The first kappa shape index (κ1) is 19.6. The normalized spacial score (nSPS) is 11.9. The molecular weight excluding hydrogens is 360 g/mol. The van der Waals surface area contributed by atoms with Gasteiger partial charge in [-0.05, 0) is 49.1 Å². The zero-order valence-corrected chi connectivity index (χ0v) is 16.7. The molecule has 0 saturated carbocycles. The summed E-state index contributed by atoms with van der Waals surface area (Å²) < 4.78 is 33.2. The molecule has 0 spiro atoms. The first-order valence-electron chi connectivity index (χ1n) is 9.43. The Morgan fingerprint density at radius 3 is 2.52 bits per heavy atom. The standard InChI is InChI=1S/C21H26N2O3S/c1-3-4-5-8-17-10-12-18(13-11-17)27(24,25)22-15-14-20-23-21-16(2)7-6-9-19(21)26-20/h6-7,9-13,22H,3-5,8,14-15H2,1-2H3. The second-order valence-corrected chi connectivity index (χ2v) is 8.55. The van der Waals surface area contributed by atoms with Gasteiger partial charge in [-0.2, -0.15) is 0 Å². The zero-order valence-electron chi connectivity index (χ0n) is 15.9. The first-order valence-corrected chi connectivity index (χ1v) is 10.9. The molecule has 1 heterocycles. The quantitative estimate of drug-likeness (QED) is 0.554. The lowest BCUT2D eigenvalue weighted by molar-refractivity contribution is 0.523. The number of fused-ring (bicyclic) bond motifs is 1. The van der Waals surface area contributed by atoms with E-state index in [-0.39, 0.29) is 11.4 Å². The van der Waals surface area contributed by atoms with Crippen LogP contribution in [0.5, 0.6) is 0 Å². The Labute approximate surface area is 160 Å².